The molecular formula is C21H21Cl2N3O2S. The Morgan fingerprint density at radius 1 is 1.14 bits per heavy atom. The number of carbonyl (C=O) groups excluding carboxylic acids is 1. The molecule has 29 heavy (non-hydrogen) atoms. The average Bonchev–Trinajstić information content (AvgIpc) is 2.69. The second-order valence-electron chi connectivity index (χ2n) is 6.76. The van der Waals surface area contributed by atoms with Gasteiger partial charge in [-0.2, -0.15) is 5.10 Å². The van der Waals surface area contributed by atoms with Crippen LogP contribution in [-0.4, -0.2) is 23.3 Å². The van der Waals surface area contributed by atoms with E-state index in [4.69, 9.17) is 40.2 Å². The summed E-state index contributed by atoms with van der Waals surface area (Å²) in [4.78, 5) is 12.3. The summed E-state index contributed by atoms with van der Waals surface area (Å²) in [5.41, 5.74) is 3.83. The second-order valence-corrected chi connectivity index (χ2v) is 8.02. The molecule has 0 atom stereocenters. The zero-order valence-electron chi connectivity index (χ0n) is 15.7. The van der Waals surface area contributed by atoms with Gasteiger partial charge in [-0.15, -0.1) is 0 Å². The smallest absolute Gasteiger partial charge is 0.345 e. The lowest BCUT2D eigenvalue weighted by Crippen LogP contribution is -2.40. The van der Waals surface area contributed by atoms with Gasteiger partial charge in [-0.05, 0) is 61.0 Å². The summed E-state index contributed by atoms with van der Waals surface area (Å²) in [6.45, 7) is 0. The molecule has 8 heteroatoms. The Labute approximate surface area is 185 Å². The number of hydrazone groups is 1. The van der Waals surface area contributed by atoms with Crippen LogP contribution in [0.3, 0.4) is 0 Å². The number of rotatable bonds is 5. The van der Waals surface area contributed by atoms with Gasteiger partial charge in [-0.3, -0.25) is 5.43 Å². The third kappa shape index (κ3) is 6.70. The predicted octanol–water partition coefficient (Wildman–Crippen LogP) is 5.34. The summed E-state index contributed by atoms with van der Waals surface area (Å²) in [5, 5.41) is 8.64. The summed E-state index contributed by atoms with van der Waals surface area (Å²) in [6, 6.07) is 12.0. The summed E-state index contributed by atoms with van der Waals surface area (Å²) in [7, 11) is 0. The van der Waals surface area contributed by atoms with E-state index in [0.29, 0.717) is 21.9 Å². The molecule has 0 aliphatic heterocycles. The molecule has 0 heterocycles. The zero-order chi connectivity index (χ0) is 20.6. The summed E-state index contributed by atoms with van der Waals surface area (Å²) in [6.07, 6.45) is 7.64. The van der Waals surface area contributed by atoms with Crippen LogP contribution in [0.1, 0.15) is 48.0 Å². The van der Waals surface area contributed by atoms with Gasteiger partial charge in [0.05, 0.1) is 16.8 Å². The molecule has 0 spiro atoms. The van der Waals surface area contributed by atoms with Gasteiger partial charge >= 0.3 is 5.97 Å². The highest BCUT2D eigenvalue weighted by atomic mass is 35.5. The molecule has 1 aliphatic rings. The first kappa shape index (κ1) is 21.6. The van der Waals surface area contributed by atoms with E-state index in [2.05, 4.69) is 15.8 Å². The molecular weight excluding hydrogens is 429 g/mol. The molecule has 1 saturated carbocycles. The second kappa shape index (κ2) is 10.6. The van der Waals surface area contributed by atoms with Crippen molar-refractivity contribution in [1.29, 1.82) is 0 Å². The quantitative estimate of drug-likeness (QED) is 0.212. The Morgan fingerprint density at radius 3 is 2.69 bits per heavy atom. The van der Waals surface area contributed by atoms with Crippen LogP contribution in [0.5, 0.6) is 5.75 Å². The number of esters is 1. The van der Waals surface area contributed by atoms with E-state index in [1.165, 1.54) is 31.4 Å². The van der Waals surface area contributed by atoms with E-state index in [0.717, 1.165) is 18.4 Å². The maximum atomic E-state index is 12.3. The molecule has 3 rings (SSSR count). The van der Waals surface area contributed by atoms with E-state index in [9.17, 15) is 4.79 Å². The molecule has 1 aliphatic carbocycles. The molecule has 2 aromatic carbocycles. The number of ether oxygens (including phenoxy) is 1. The Kier molecular flexibility index (Phi) is 7.86. The van der Waals surface area contributed by atoms with E-state index in [1.54, 1.807) is 30.5 Å². The van der Waals surface area contributed by atoms with Crippen molar-refractivity contribution in [2.45, 2.75) is 38.1 Å². The minimum absolute atomic E-state index is 0.239. The van der Waals surface area contributed by atoms with E-state index in [-0.39, 0.29) is 10.6 Å². The minimum Gasteiger partial charge on any atom is -0.423 e. The molecule has 2 aromatic rings. The maximum Gasteiger partial charge on any atom is 0.345 e. The first-order valence-corrected chi connectivity index (χ1v) is 10.5. The zero-order valence-corrected chi connectivity index (χ0v) is 18.0. The Balaban J connectivity index is 1.55. The van der Waals surface area contributed by atoms with Crippen LogP contribution in [0.25, 0.3) is 0 Å². The Hall–Kier alpha value is -2.15. The van der Waals surface area contributed by atoms with Crippen molar-refractivity contribution in [3.63, 3.8) is 0 Å². The molecule has 0 unspecified atom stereocenters. The van der Waals surface area contributed by atoms with Crippen LogP contribution < -0.4 is 15.5 Å². The highest BCUT2D eigenvalue weighted by molar-refractivity contribution is 7.80. The van der Waals surface area contributed by atoms with E-state index >= 15 is 0 Å². The molecule has 0 radical (unpaired) electrons. The van der Waals surface area contributed by atoms with Crippen LogP contribution in [0.4, 0.5) is 0 Å². The summed E-state index contributed by atoms with van der Waals surface area (Å²) < 4.78 is 5.40. The monoisotopic (exact) mass is 449 g/mol. The largest absolute Gasteiger partial charge is 0.423 e. The molecule has 2 N–H and O–H groups in total. The van der Waals surface area contributed by atoms with E-state index in [1.807, 2.05) is 6.07 Å². The molecule has 0 amide bonds. The number of halogens is 2. The van der Waals surface area contributed by atoms with Gasteiger partial charge in [-0.1, -0.05) is 54.6 Å². The lowest BCUT2D eigenvalue weighted by Gasteiger charge is -2.23. The van der Waals surface area contributed by atoms with Crippen molar-refractivity contribution >= 4 is 52.7 Å². The third-order valence-electron chi connectivity index (χ3n) is 4.54. The van der Waals surface area contributed by atoms with Gasteiger partial charge < -0.3 is 10.1 Å². The molecule has 152 valence electrons. The third-order valence-corrected chi connectivity index (χ3v) is 5.30. The van der Waals surface area contributed by atoms with Crippen molar-refractivity contribution in [2.75, 3.05) is 0 Å². The van der Waals surface area contributed by atoms with Gasteiger partial charge in [0.2, 0.25) is 0 Å². The molecule has 0 aromatic heterocycles. The lowest BCUT2D eigenvalue weighted by molar-refractivity contribution is 0.0735. The topological polar surface area (TPSA) is 62.7 Å². The molecule has 5 nitrogen and oxygen atoms in total. The fraction of sp³-hybridized carbons (Fsp3) is 0.286. The molecule has 0 bridgehead atoms. The van der Waals surface area contributed by atoms with Crippen molar-refractivity contribution in [1.82, 2.24) is 10.7 Å². The first-order chi connectivity index (χ1) is 14.0. The van der Waals surface area contributed by atoms with Crippen molar-refractivity contribution in [3.05, 3.63) is 63.6 Å². The summed E-state index contributed by atoms with van der Waals surface area (Å²) in [5.74, 6) is -0.176. The Bertz CT molecular complexity index is 915. The number of carbonyl (C=O) groups is 1. The number of hydrogen-bond donors (Lipinski definition) is 2. The van der Waals surface area contributed by atoms with Crippen molar-refractivity contribution in [2.24, 2.45) is 5.10 Å². The first-order valence-electron chi connectivity index (χ1n) is 9.38. The minimum atomic E-state index is -0.559. The molecule has 0 saturated heterocycles. The van der Waals surface area contributed by atoms with Gasteiger partial charge in [-0.25, -0.2) is 4.79 Å². The van der Waals surface area contributed by atoms with Gasteiger partial charge in [0.25, 0.3) is 0 Å². The van der Waals surface area contributed by atoms with Crippen LogP contribution in [-0.2, 0) is 0 Å². The number of nitrogens with zero attached hydrogens (tertiary/aromatic N) is 1. The van der Waals surface area contributed by atoms with Crippen molar-refractivity contribution < 1.29 is 9.53 Å². The maximum absolute atomic E-state index is 12.3. The standard InChI is InChI=1S/C21H21Cl2N3O2S/c22-15-9-10-18(19(23)12-15)20(27)28-17-8-4-5-14(11-17)13-24-26-21(29)25-16-6-2-1-3-7-16/h4-5,8-13,16H,1-3,6-7H2,(H2,25,26,29)/b24-13-. The van der Waals surface area contributed by atoms with E-state index < -0.39 is 5.97 Å². The number of nitrogens with one attached hydrogen (secondary N) is 2. The van der Waals surface area contributed by atoms with Crippen LogP contribution in [0.15, 0.2) is 47.6 Å². The lowest BCUT2D eigenvalue weighted by atomic mass is 9.96. The van der Waals surface area contributed by atoms with Gasteiger partial charge in [0, 0.05) is 11.1 Å². The normalized spacial score (nSPS) is 14.6. The van der Waals surface area contributed by atoms with Crippen LogP contribution >= 0.6 is 35.4 Å². The number of thiocarbonyl (C=S) groups is 1. The van der Waals surface area contributed by atoms with Gasteiger partial charge in [0.15, 0.2) is 5.11 Å². The fourth-order valence-corrected chi connectivity index (χ4v) is 3.81. The molecule has 1 fully saturated rings. The summed E-state index contributed by atoms with van der Waals surface area (Å²) >= 11 is 17.2. The number of hydrogen-bond acceptors (Lipinski definition) is 4. The average molecular weight is 450 g/mol. The van der Waals surface area contributed by atoms with Crippen LogP contribution in [0, 0.1) is 0 Å². The van der Waals surface area contributed by atoms with Crippen LogP contribution in [0.2, 0.25) is 10.0 Å². The highest BCUT2D eigenvalue weighted by Gasteiger charge is 2.14. The van der Waals surface area contributed by atoms with Gasteiger partial charge in [0.1, 0.15) is 5.75 Å². The Morgan fingerprint density at radius 2 is 1.93 bits per heavy atom. The van der Waals surface area contributed by atoms with Crippen molar-refractivity contribution in [3.8, 4) is 5.75 Å². The predicted molar refractivity (Wildman–Crippen MR) is 121 cm³/mol. The number of benzene rings is 2. The fourth-order valence-electron chi connectivity index (χ4n) is 3.11. The highest BCUT2D eigenvalue weighted by Crippen LogP contribution is 2.23. The SMILES string of the molecule is O=C(Oc1cccc(/C=N\NC(=S)NC2CCCCC2)c1)c1ccc(Cl)cc1Cl.